The molecule has 0 radical (unpaired) electrons. The van der Waals surface area contributed by atoms with Crippen LogP contribution < -0.4 is 10.1 Å². The maximum Gasteiger partial charge on any atom is 0.258 e. The van der Waals surface area contributed by atoms with Gasteiger partial charge in [0.25, 0.3) is 5.91 Å². The number of nitrogens with zero attached hydrogens (tertiary/aromatic N) is 1. The lowest BCUT2D eigenvalue weighted by atomic mass is 10.1. The largest absolute Gasteiger partial charge is 0.481 e. The summed E-state index contributed by atoms with van der Waals surface area (Å²) >= 11 is 4.83. The highest BCUT2D eigenvalue weighted by atomic mass is 79.9. The second-order valence-electron chi connectivity index (χ2n) is 5.46. The minimum atomic E-state index is -0.499. The van der Waals surface area contributed by atoms with Crippen LogP contribution in [0, 0.1) is 5.82 Å². The summed E-state index contributed by atoms with van der Waals surface area (Å²) in [6.07, 6.45) is 0. The SMILES string of the molecule is CCN(CC)C(CNC(=O)COc1ccc(Br)cc1F)c1ccsc1. The van der Waals surface area contributed by atoms with Gasteiger partial charge in [0.05, 0.1) is 6.04 Å². The van der Waals surface area contributed by atoms with E-state index < -0.39 is 5.82 Å². The quantitative estimate of drug-likeness (QED) is 0.649. The average molecular weight is 429 g/mol. The molecular weight excluding hydrogens is 407 g/mol. The molecular formula is C18H22BrFN2O2S. The zero-order chi connectivity index (χ0) is 18.2. The molecule has 4 nitrogen and oxygen atoms in total. The third kappa shape index (κ3) is 5.80. The van der Waals surface area contributed by atoms with Crippen molar-refractivity contribution < 1.29 is 13.9 Å². The lowest BCUT2D eigenvalue weighted by molar-refractivity contribution is -0.123. The molecule has 0 aliphatic rings. The average Bonchev–Trinajstić information content (AvgIpc) is 3.12. The van der Waals surface area contributed by atoms with Crippen LogP contribution >= 0.6 is 27.3 Å². The Kier molecular flexibility index (Phi) is 7.87. The van der Waals surface area contributed by atoms with Crippen LogP contribution in [0.4, 0.5) is 4.39 Å². The van der Waals surface area contributed by atoms with Crippen LogP contribution in [0.1, 0.15) is 25.5 Å². The Morgan fingerprint density at radius 3 is 2.72 bits per heavy atom. The number of carbonyl (C=O) groups is 1. The number of carbonyl (C=O) groups excluding carboxylic acids is 1. The lowest BCUT2D eigenvalue weighted by Gasteiger charge is -2.29. The molecule has 1 N–H and O–H groups in total. The standard InChI is InChI=1S/C18H22BrFN2O2S/c1-3-22(4-2)16(13-7-8-25-12-13)10-21-18(23)11-24-17-6-5-14(19)9-15(17)20/h5-9,12,16H,3-4,10-11H2,1-2H3,(H,21,23). The van der Waals surface area contributed by atoms with Gasteiger partial charge in [0.1, 0.15) is 0 Å². The summed E-state index contributed by atoms with van der Waals surface area (Å²) in [5, 5.41) is 7.02. The first kappa shape index (κ1) is 19.9. The summed E-state index contributed by atoms with van der Waals surface area (Å²) in [5.74, 6) is -0.701. The number of hydrogen-bond donors (Lipinski definition) is 1. The molecule has 0 saturated heterocycles. The lowest BCUT2D eigenvalue weighted by Crippen LogP contribution is -2.39. The Balaban J connectivity index is 1.90. The van der Waals surface area contributed by atoms with E-state index >= 15 is 0 Å². The molecule has 1 amide bonds. The van der Waals surface area contributed by atoms with Crippen molar-refractivity contribution in [2.75, 3.05) is 26.2 Å². The molecule has 0 aliphatic carbocycles. The first-order chi connectivity index (χ1) is 12.0. The van der Waals surface area contributed by atoms with Crippen molar-refractivity contribution in [3.63, 3.8) is 0 Å². The maximum atomic E-state index is 13.7. The molecule has 1 atom stereocenters. The predicted octanol–water partition coefficient (Wildman–Crippen LogP) is 4.23. The second-order valence-corrected chi connectivity index (χ2v) is 7.16. The van der Waals surface area contributed by atoms with Gasteiger partial charge in [0, 0.05) is 11.0 Å². The smallest absolute Gasteiger partial charge is 0.258 e. The third-order valence-electron chi connectivity index (χ3n) is 3.93. The van der Waals surface area contributed by atoms with Gasteiger partial charge in [-0.2, -0.15) is 11.3 Å². The normalized spacial score (nSPS) is 12.2. The highest BCUT2D eigenvalue weighted by Gasteiger charge is 2.19. The number of benzene rings is 1. The van der Waals surface area contributed by atoms with Crippen molar-refractivity contribution in [1.82, 2.24) is 10.2 Å². The molecule has 1 unspecified atom stereocenters. The van der Waals surface area contributed by atoms with Crippen LogP contribution in [-0.2, 0) is 4.79 Å². The van der Waals surface area contributed by atoms with Gasteiger partial charge in [0.15, 0.2) is 18.2 Å². The fourth-order valence-electron chi connectivity index (χ4n) is 2.58. The Morgan fingerprint density at radius 1 is 1.36 bits per heavy atom. The van der Waals surface area contributed by atoms with Gasteiger partial charge in [-0.15, -0.1) is 0 Å². The highest BCUT2D eigenvalue weighted by Crippen LogP contribution is 2.23. The molecule has 1 aromatic heterocycles. The van der Waals surface area contributed by atoms with Crippen molar-refractivity contribution in [2.24, 2.45) is 0 Å². The van der Waals surface area contributed by atoms with E-state index in [1.807, 2.05) is 5.38 Å². The third-order valence-corrected chi connectivity index (χ3v) is 5.12. The van der Waals surface area contributed by atoms with Crippen molar-refractivity contribution in [2.45, 2.75) is 19.9 Å². The van der Waals surface area contributed by atoms with E-state index in [2.05, 4.69) is 51.4 Å². The van der Waals surface area contributed by atoms with E-state index in [0.717, 1.165) is 13.1 Å². The first-order valence-corrected chi connectivity index (χ1v) is 9.89. The summed E-state index contributed by atoms with van der Waals surface area (Å²) < 4.78 is 19.6. The molecule has 0 fully saturated rings. The van der Waals surface area contributed by atoms with Crippen molar-refractivity contribution in [1.29, 1.82) is 0 Å². The number of hydrogen-bond acceptors (Lipinski definition) is 4. The fourth-order valence-corrected chi connectivity index (χ4v) is 3.62. The molecule has 0 bridgehead atoms. The molecule has 136 valence electrons. The highest BCUT2D eigenvalue weighted by molar-refractivity contribution is 9.10. The molecule has 1 heterocycles. The Bertz CT molecular complexity index is 678. The molecule has 0 aliphatic heterocycles. The number of nitrogens with one attached hydrogen (secondary N) is 1. The van der Waals surface area contributed by atoms with Gasteiger partial charge < -0.3 is 10.1 Å². The van der Waals surface area contributed by atoms with Gasteiger partial charge in [-0.25, -0.2) is 4.39 Å². The Hall–Kier alpha value is -1.44. The van der Waals surface area contributed by atoms with E-state index in [0.29, 0.717) is 11.0 Å². The molecule has 0 saturated carbocycles. The zero-order valence-corrected chi connectivity index (χ0v) is 16.7. The van der Waals surface area contributed by atoms with Crippen molar-refractivity contribution >= 4 is 33.2 Å². The summed E-state index contributed by atoms with van der Waals surface area (Å²) in [4.78, 5) is 14.4. The van der Waals surface area contributed by atoms with Gasteiger partial charge in [-0.05, 0) is 53.7 Å². The van der Waals surface area contributed by atoms with Crippen LogP contribution in [0.15, 0.2) is 39.5 Å². The van der Waals surface area contributed by atoms with Crippen LogP contribution in [-0.4, -0.2) is 37.0 Å². The van der Waals surface area contributed by atoms with Gasteiger partial charge in [-0.1, -0.05) is 29.8 Å². The van der Waals surface area contributed by atoms with E-state index in [9.17, 15) is 9.18 Å². The molecule has 2 rings (SSSR count). The molecule has 7 heteroatoms. The van der Waals surface area contributed by atoms with E-state index in [1.54, 1.807) is 17.4 Å². The van der Waals surface area contributed by atoms with Crippen LogP contribution in [0.5, 0.6) is 5.75 Å². The van der Waals surface area contributed by atoms with Crippen LogP contribution in [0.25, 0.3) is 0 Å². The summed E-state index contributed by atoms with van der Waals surface area (Å²) in [7, 11) is 0. The number of halogens is 2. The summed E-state index contributed by atoms with van der Waals surface area (Å²) in [6, 6.07) is 6.67. The summed E-state index contributed by atoms with van der Waals surface area (Å²) in [5.41, 5.74) is 1.19. The predicted molar refractivity (Wildman–Crippen MR) is 103 cm³/mol. The number of likely N-dealkylation sites (N-methyl/N-ethyl adjacent to an activating group) is 1. The van der Waals surface area contributed by atoms with Crippen molar-refractivity contribution in [3.8, 4) is 5.75 Å². The molecule has 2 aromatic rings. The zero-order valence-electron chi connectivity index (χ0n) is 14.3. The van der Waals surface area contributed by atoms with Gasteiger partial charge >= 0.3 is 0 Å². The Morgan fingerprint density at radius 2 is 2.12 bits per heavy atom. The van der Waals surface area contributed by atoms with Crippen LogP contribution in [0.3, 0.4) is 0 Å². The second kappa shape index (κ2) is 9.89. The van der Waals surface area contributed by atoms with Gasteiger partial charge in [0.2, 0.25) is 0 Å². The van der Waals surface area contributed by atoms with Crippen molar-refractivity contribution in [3.05, 3.63) is 50.9 Å². The minimum Gasteiger partial charge on any atom is -0.481 e. The Labute approximate surface area is 160 Å². The number of thiophene rings is 1. The van der Waals surface area contributed by atoms with Gasteiger partial charge in [-0.3, -0.25) is 9.69 Å². The van der Waals surface area contributed by atoms with E-state index in [1.165, 1.54) is 17.7 Å². The monoisotopic (exact) mass is 428 g/mol. The minimum absolute atomic E-state index is 0.0662. The number of rotatable bonds is 9. The topological polar surface area (TPSA) is 41.6 Å². The van der Waals surface area contributed by atoms with E-state index in [4.69, 9.17) is 4.74 Å². The molecule has 1 aromatic carbocycles. The maximum absolute atomic E-state index is 13.7. The fraction of sp³-hybridized carbons (Fsp3) is 0.389. The number of amides is 1. The van der Waals surface area contributed by atoms with E-state index in [-0.39, 0.29) is 24.3 Å². The molecule has 0 spiro atoms. The molecule has 25 heavy (non-hydrogen) atoms. The number of ether oxygens (including phenoxy) is 1. The summed E-state index contributed by atoms with van der Waals surface area (Å²) in [6.45, 7) is 6.27. The first-order valence-electron chi connectivity index (χ1n) is 8.15. The van der Waals surface area contributed by atoms with Crippen LogP contribution in [0.2, 0.25) is 0 Å².